The van der Waals surface area contributed by atoms with Crippen molar-refractivity contribution in [1.29, 1.82) is 0 Å². The van der Waals surface area contributed by atoms with Crippen molar-refractivity contribution in [3.63, 3.8) is 0 Å². The van der Waals surface area contributed by atoms with Gasteiger partial charge in [0.2, 0.25) is 0 Å². The molecule has 55 heavy (non-hydrogen) atoms. The van der Waals surface area contributed by atoms with Crippen LogP contribution in [-0.2, 0) is 19.3 Å². The zero-order chi connectivity index (χ0) is 39.1. The molecule has 5 aromatic rings. The van der Waals surface area contributed by atoms with Crippen LogP contribution in [0, 0.1) is 18.2 Å². The zero-order valence-corrected chi connectivity index (χ0v) is 31.8. The number of piperidine rings is 1. The van der Waals surface area contributed by atoms with E-state index in [0.717, 1.165) is 55.8 Å². The summed E-state index contributed by atoms with van der Waals surface area (Å²) in [6.07, 6.45) is 0.0303. The SMILES string of the molecule is COc1ccc(CN(Cc2ccc(OC)cc2)c2cc(C)c(C(F)(F)F)c(-c3c(Cl)cc4c(=O)[nH]c(OC[C@]56CCC[C@H]5N(C)CCC6)nc4c3F)n2)cc1. The summed E-state index contributed by atoms with van der Waals surface area (Å²) in [5.41, 5.74) is -2.37. The lowest BCUT2D eigenvalue weighted by atomic mass is 9.76. The molecule has 3 aromatic carbocycles. The Morgan fingerprint density at radius 3 is 2.18 bits per heavy atom. The van der Waals surface area contributed by atoms with Gasteiger partial charge in [-0.15, -0.1) is 0 Å². The van der Waals surface area contributed by atoms with Crippen molar-refractivity contribution < 1.29 is 31.8 Å². The normalized spacial score (nSPS) is 18.7. The van der Waals surface area contributed by atoms with Gasteiger partial charge in [-0.2, -0.15) is 18.2 Å². The molecule has 0 bridgehead atoms. The predicted molar refractivity (Wildman–Crippen MR) is 204 cm³/mol. The minimum Gasteiger partial charge on any atom is -0.497 e. The molecule has 1 aliphatic carbocycles. The first-order valence-corrected chi connectivity index (χ1v) is 18.5. The van der Waals surface area contributed by atoms with Gasteiger partial charge in [0.05, 0.1) is 48.1 Å². The number of hydrogen-bond donors (Lipinski definition) is 1. The van der Waals surface area contributed by atoms with E-state index in [1.807, 2.05) is 24.3 Å². The number of nitrogens with zero attached hydrogens (tertiary/aromatic N) is 4. The van der Waals surface area contributed by atoms with E-state index in [1.54, 1.807) is 43.4 Å². The molecule has 2 atom stereocenters. The number of halogens is 5. The lowest BCUT2D eigenvalue weighted by Crippen LogP contribution is -2.50. The van der Waals surface area contributed by atoms with Crippen molar-refractivity contribution in [1.82, 2.24) is 19.9 Å². The van der Waals surface area contributed by atoms with Gasteiger partial charge in [-0.3, -0.25) is 9.78 Å². The average Bonchev–Trinajstić information content (AvgIpc) is 3.60. The summed E-state index contributed by atoms with van der Waals surface area (Å²) < 4.78 is 78.4. The number of aryl methyl sites for hydroxylation is 1. The first kappa shape index (κ1) is 38.4. The van der Waals surface area contributed by atoms with Crippen LogP contribution >= 0.6 is 11.6 Å². The van der Waals surface area contributed by atoms with Crippen LogP contribution in [0.5, 0.6) is 17.5 Å². The van der Waals surface area contributed by atoms with E-state index in [2.05, 4.69) is 26.9 Å². The van der Waals surface area contributed by atoms with Crippen LogP contribution < -0.4 is 24.7 Å². The molecule has 0 unspecified atom stereocenters. The Balaban J connectivity index is 1.33. The third-order valence-electron chi connectivity index (χ3n) is 11.1. The summed E-state index contributed by atoms with van der Waals surface area (Å²) in [6, 6.07) is 17.1. The lowest BCUT2D eigenvalue weighted by molar-refractivity contribution is -0.137. The molecular weight excluding hydrogens is 738 g/mol. The van der Waals surface area contributed by atoms with E-state index in [0.29, 0.717) is 17.5 Å². The van der Waals surface area contributed by atoms with Gasteiger partial charge in [-0.1, -0.05) is 42.3 Å². The van der Waals surface area contributed by atoms with Crippen molar-refractivity contribution in [2.75, 3.05) is 39.3 Å². The summed E-state index contributed by atoms with van der Waals surface area (Å²) in [7, 11) is 5.20. The summed E-state index contributed by atoms with van der Waals surface area (Å²) in [5, 5.41) is -0.648. The maximum absolute atomic E-state index is 16.9. The highest BCUT2D eigenvalue weighted by molar-refractivity contribution is 6.34. The highest BCUT2D eigenvalue weighted by Crippen LogP contribution is 2.48. The molecule has 3 heterocycles. The Morgan fingerprint density at radius 1 is 0.964 bits per heavy atom. The third-order valence-corrected chi connectivity index (χ3v) is 11.4. The van der Waals surface area contributed by atoms with Crippen LogP contribution in [0.25, 0.3) is 22.2 Å². The van der Waals surface area contributed by atoms with Crippen molar-refractivity contribution in [3.05, 3.63) is 104 Å². The quantitative estimate of drug-likeness (QED) is 0.133. The maximum atomic E-state index is 16.9. The zero-order valence-electron chi connectivity index (χ0n) is 31.0. The van der Waals surface area contributed by atoms with Gasteiger partial charge >= 0.3 is 6.18 Å². The number of methoxy groups -OCH3 is 2. The molecule has 1 N–H and O–H groups in total. The highest BCUT2D eigenvalue weighted by Gasteiger charge is 2.47. The Kier molecular flexibility index (Phi) is 10.7. The van der Waals surface area contributed by atoms with Gasteiger partial charge in [0.25, 0.3) is 11.6 Å². The van der Waals surface area contributed by atoms with E-state index >= 15 is 4.39 Å². The topological polar surface area (TPSA) is 92.8 Å². The Bertz CT molecular complexity index is 2200. The van der Waals surface area contributed by atoms with Gasteiger partial charge in [0.1, 0.15) is 22.8 Å². The Hall–Kier alpha value is -4.88. The number of likely N-dealkylation sites (tertiary alicyclic amines) is 1. The molecule has 0 radical (unpaired) electrons. The van der Waals surface area contributed by atoms with Crippen LogP contribution in [0.1, 0.15) is 54.4 Å². The number of rotatable bonds is 11. The van der Waals surface area contributed by atoms with E-state index in [-0.39, 0.29) is 47.9 Å². The molecular formula is C41H42ClF4N5O4. The molecule has 2 aliphatic rings. The molecule has 0 spiro atoms. The summed E-state index contributed by atoms with van der Waals surface area (Å²) in [5.74, 6) is 0.220. The fourth-order valence-electron chi connectivity index (χ4n) is 8.34. The van der Waals surface area contributed by atoms with E-state index < -0.39 is 44.9 Å². The van der Waals surface area contributed by atoms with E-state index in [4.69, 9.17) is 25.8 Å². The fraction of sp³-hybridized carbons (Fsp3) is 0.390. The summed E-state index contributed by atoms with van der Waals surface area (Å²) in [6.45, 7) is 3.02. The molecule has 1 saturated carbocycles. The number of aromatic nitrogens is 3. The molecule has 1 aliphatic heterocycles. The number of H-pyrrole nitrogens is 1. The first-order valence-electron chi connectivity index (χ1n) is 18.2. The molecule has 9 nitrogen and oxygen atoms in total. The van der Waals surface area contributed by atoms with Gasteiger partial charge in [0, 0.05) is 24.5 Å². The predicted octanol–water partition coefficient (Wildman–Crippen LogP) is 8.97. The van der Waals surface area contributed by atoms with E-state index in [9.17, 15) is 18.0 Å². The number of anilines is 1. The molecule has 14 heteroatoms. The molecule has 2 aromatic heterocycles. The van der Waals surface area contributed by atoms with Crippen LogP contribution in [0.3, 0.4) is 0 Å². The van der Waals surface area contributed by atoms with Crippen LogP contribution in [0.2, 0.25) is 5.02 Å². The summed E-state index contributed by atoms with van der Waals surface area (Å²) >= 11 is 6.61. The number of ether oxygens (including phenoxy) is 3. The first-order chi connectivity index (χ1) is 26.3. The minimum absolute atomic E-state index is 0.142. The summed E-state index contributed by atoms with van der Waals surface area (Å²) in [4.78, 5) is 28.9. The van der Waals surface area contributed by atoms with Crippen LogP contribution in [0.15, 0.2) is 65.5 Å². The van der Waals surface area contributed by atoms with E-state index in [1.165, 1.54) is 13.0 Å². The standard InChI is InChI=1S/C41H42ClF4N5O4/c1-24-19-32(51(21-25-8-12-27(53-3)13-9-25)22-26-10-14-28(54-4)15-11-26)47-37(34(24)41(44,45)46)33-30(42)20-29-36(35(33)43)48-39(49-38(29)52)55-23-40-16-5-7-31(40)50(2)18-6-17-40/h8-15,19-20,31H,5-7,16-18,21-23H2,1-4H3,(H,48,49,52)/t31-,40-/m1/s1. The van der Waals surface area contributed by atoms with Crippen molar-refractivity contribution in [3.8, 4) is 28.8 Å². The molecule has 7 rings (SSSR count). The Labute approximate surface area is 321 Å². The van der Waals surface area contributed by atoms with Gasteiger partial charge < -0.3 is 24.0 Å². The van der Waals surface area contributed by atoms with Crippen molar-refractivity contribution in [2.45, 2.75) is 64.3 Å². The second kappa shape index (κ2) is 15.3. The second-order valence-corrected chi connectivity index (χ2v) is 14.9. The number of pyridine rings is 1. The molecule has 290 valence electrons. The number of benzene rings is 3. The highest BCUT2D eigenvalue weighted by atomic mass is 35.5. The number of nitrogens with one attached hydrogen (secondary N) is 1. The van der Waals surface area contributed by atoms with Crippen LogP contribution in [0.4, 0.5) is 23.4 Å². The maximum Gasteiger partial charge on any atom is 0.418 e. The number of hydrogen-bond acceptors (Lipinski definition) is 8. The number of aromatic amines is 1. The average molecular weight is 780 g/mol. The molecule has 2 fully saturated rings. The third kappa shape index (κ3) is 7.69. The lowest BCUT2D eigenvalue weighted by Gasteiger charge is -2.44. The Morgan fingerprint density at radius 2 is 1.58 bits per heavy atom. The smallest absolute Gasteiger partial charge is 0.418 e. The minimum atomic E-state index is -4.94. The largest absolute Gasteiger partial charge is 0.497 e. The fourth-order valence-corrected chi connectivity index (χ4v) is 8.62. The second-order valence-electron chi connectivity index (χ2n) is 14.5. The van der Waals surface area contributed by atoms with Gasteiger partial charge in [-0.05, 0) is 99.3 Å². The molecule has 1 saturated heterocycles. The van der Waals surface area contributed by atoms with Gasteiger partial charge in [0.15, 0.2) is 5.82 Å². The molecule has 0 amide bonds. The number of alkyl halides is 3. The van der Waals surface area contributed by atoms with Crippen LogP contribution in [-0.4, -0.2) is 60.3 Å². The van der Waals surface area contributed by atoms with Crippen molar-refractivity contribution >= 4 is 28.3 Å². The number of fused-ring (bicyclic) bond motifs is 2. The van der Waals surface area contributed by atoms with Gasteiger partial charge in [-0.25, -0.2) is 9.37 Å². The monoisotopic (exact) mass is 779 g/mol. The van der Waals surface area contributed by atoms with Crippen molar-refractivity contribution in [2.24, 2.45) is 5.41 Å².